The molecule has 0 fully saturated rings. The van der Waals surface area contributed by atoms with E-state index in [1.165, 1.54) is 0 Å². The normalized spacial score (nSPS) is 10.9. The smallest absolute Gasteiger partial charge is 0.410 e. The molecule has 0 spiro atoms. The lowest BCUT2D eigenvalue weighted by Gasteiger charge is -2.33. The van der Waals surface area contributed by atoms with Gasteiger partial charge >= 0.3 is 6.09 Å². The van der Waals surface area contributed by atoms with Gasteiger partial charge in [0.1, 0.15) is 6.61 Å². The highest BCUT2D eigenvalue weighted by molar-refractivity contribution is 5.68. The second kappa shape index (κ2) is 5.03. The molecular formula is C11H21NO2. The average Bonchev–Trinajstić information content (AvgIpc) is 1.99. The van der Waals surface area contributed by atoms with Crippen molar-refractivity contribution in [3.63, 3.8) is 0 Å². The van der Waals surface area contributed by atoms with Crippen molar-refractivity contribution in [1.29, 1.82) is 0 Å². The lowest BCUT2D eigenvalue weighted by Crippen LogP contribution is -2.45. The molecule has 1 amide bonds. The topological polar surface area (TPSA) is 29.5 Å². The fraction of sp³-hybridized carbons (Fsp3) is 0.727. The quantitative estimate of drug-likeness (QED) is 0.654. The first-order valence-electron chi connectivity index (χ1n) is 4.87. The van der Waals surface area contributed by atoms with E-state index in [2.05, 4.69) is 6.58 Å². The molecule has 0 N–H and O–H groups in total. The van der Waals surface area contributed by atoms with Gasteiger partial charge in [-0.05, 0) is 40.2 Å². The van der Waals surface area contributed by atoms with Gasteiger partial charge in [-0.25, -0.2) is 4.79 Å². The lowest BCUT2D eigenvalue weighted by atomic mass is 10.1. The van der Waals surface area contributed by atoms with Crippen molar-refractivity contribution in [1.82, 2.24) is 4.90 Å². The Bertz CT molecular complexity index is 216. The van der Waals surface area contributed by atoms with Crippen LogP contribution in [0.3, 0.4) is 0 Å². The van der Waals surface area contributed by atoms with Crippen molar-refractivity contribution in [2.24, 2.45) is 0 Å². The van der Waals surface area contributed by atoms with E-state index < -0.39 is 0 Å². The van der Waals surface area contributed by atoms with E-state index in [1.54, 1.807) is 4.90 Å². The maximum atomic E-state index is 11.6. The molecule has 14 heavy (non-hydrogen) atoms. The van der Waals surface area contributed by atoms with E-state index in [-0.39, 0.29) is 11.6 Å². The molecule has 0 atom stereocenters. The van der Waals surface area contributed by atoms with E-state index in [4.69, 9.17) is 4.74 Å². The van der Waals surface area contributed by atoms with Gasteiger partial charge in [0.2, 0.25) is 0 Å². The van der Waals surface area contributed by atoms with E-state index in [0.29, 0.717) is 13.2 Å². The Balaban J connectivity index is 4.26. The van der Waals surface area contributed by atoms with Crippen LogP contribution in [0.25, 0.3) is 0 Å². The average molecular weight is 199 g/mol. The molecule has 0 heterocycles. The molecule has 0 aromatic carbocycles. The van der Waals surface area contributed by atoms with Crippen LogP contribution in [0.5, 0.6) is 0 Å². The number of amides is 1. The highest BCUT2D eigenvalue weighted by Gasteiger charge is 2.25. The van der Waals surface area contributed by atoms with Gasteiger partial charge in [0.25, 0.3) is 0 Å². The Morgan fingerprint density at radius 2 is 1.93 bits per heavy atom. The van der Waals surface area contributed by atoms with Crippen molar-refractivity contribution in [3.8, 4) is 0 Å². The number of hydrogen-bond donors (Lipinski definition) is 0. The molecule has 0 aliphatic carbocycles. The fourth-order valence-electron chi connectivity index (χ4n) is 1.14. The minimum atomic E-state index is -0.275. The standard InChI is InChI=1S/C11H21NO2/c1-7-12(11(4,5)6)10(13)14-8-9(2)3/h2,7-8H2,1,3-6H3. The number of carbonyl (C=O) groups excluding carboxylic acids is 1. The summed E-state index contributed by atoms with van der Waals surface area (Å²) in [6.07, 6.45) is -0.275. The number of ether oxygens (including phenoxy) is 1. The summed E-state index contributed by atoms with van der Waals surface area (Å²) in [5.74, 6) is 0. The molecule has 0 aliphatic rings. The van der Waals surface area contributed by atoms with Gasteiger partial charge in [0, 0.05) is 12.1 Å². The van der Waals surface area contributed by atoms with Crippen LogP contribution < -0.4 is 0 Å². The van der Waals surface area contributed by atoms with E-state index in [9.17, 15) is 4.79 Å². The first-order valence-corrected chi connectivity index (χ1v) is 4.87. The minimum absolute atomic E-state index is 0.194. The molecule has 0 radical (unpaired) electrons. The molecule has 82 valence electrons. The third-order valence-corrected chi connectivity index (χ3v) is 1.79. The molecule has 0 aromatic heterocycles. The predicted molar refractivity (Wildman–Crippen MR) is 58.3 cm³/mol. The first-order chi connectivity index (χ1) is 6.29. The third kappa shape index (κ3) is 4.30. The second-order valence-electron chi connectivity index (χ2n) is 4.43. The molecule has 0 saturated carbocycles. The molecule has 3 nitrogen and oxygen atoms in total. The zero-order valence-electron chi connectivity index (χ0n) is 9.89. The Hall–Kier alpha value is -0.990. The van der Waals surface area contributed by atoms with Crippen molar-refractivity contribution >= 4 is 6.09 Å². The Morgan fingerprint density at radius 3 is 2.21 bits per heavy atom. The van der Waals surface area contributed by atoms with Gasteiger partial charge in [-0.1, -0.05) is 6.58 Å². The highest BCUT2D eigenvalue weighted by atomic mass is 16.6. The van der Waals surface area contributed by atoms with Crippen LogP contribution in [0, 0.1) is 0 Å². The number of hydrogen-bond acceptors (Lipinski definition) is 2. The zero-order chi connectivity index (χ0) is 11.4. The molecular weight excluding hydrogens is 178 g/mol. The summed E-state index contributed by atoms with van der Waals surface area (Å²) < 4.78 is 5.07. The van der Waals surface area contributed by atoms with Gasteiger partial charge in [-0.15, -0.1) is 0 Å². The molecule has 0 rings (SSSR count). The minimum Gasteiger partial charge on any atom is -0.445 e. The molecule has 0 aliphatic heterocycles. The first kappa shape index (κ1) is 13.0. The van der Waals surface area contributed by atoms with Gasteiger partial charge in [0.05, 0.1) is 0 Å². The SMILES string of the molecule is C=C(C)COC(=O)N(CC)C(C)(C)C. The predicted octanol–water partition coefficient (Wildman–Crippen LogP) is 2.82. The van der Waals surface area contributed by atoms with Crippen LogP contribution in [0.15, 0.2) is 12.2 Å². The Labute approximate surface area is 86.7 Å². The summed E-state index contributed by atoms with van der Waals surface area (Å²) >= 11 is 0. The van der Waals surface area contributed by atoms with Gasteiger partial charge in [-0.3, -0.25) is 0 Å². The van der Waals surface area contributed by atoms with Crippen molar-refractivity contribution < 1.29 is 9.53 Å². The summed E-state index contributed by atoms with van der Waals surface area (Å²) in [5, 5.41) is 0. The molecule has 0 unspecified atom stereocenters. The lowest BCUT2D eigenvalue weighted by molar-refractivity contribution is 0.0767. The summed E-state index contributed by atoms with van der Waals surface area (Å²) in [4.78, 5) is 13.3. The maximum Gasteiger partial charge on any atom is 0.410 e. The number of rotatable bonds is 3. The summed E-state index contributed by atoms with van der Waals surface area (Å²) in [5.41, 5.74) is 0.657. The van der Waals surface area contributed by atoms with Gasteiger partial charge in [0.15, 0.2) is 0 Å². The summed E-state index contributed by atoms with van der Waals surface area (Å²) in [7, 11) is 0. The molecule has 0 bridgehead atoms. The maximum absolute atomic E-state index is 11.6. The van der Waals surface area contributed by atoms with E-state index in [0.717, 1.165) is 5.57 Å². The van der Waals surface area contributed by atoms with E-state index >= 15 is 0 Å². The van der Waals surface area contributed by atoms with Crippen LogP contribution in [-0.2, 0) is 4.74 Å². The van der Waals surface area contributed by atoms with Crippen LogP contribution in [0.2, 0.25) is 0 Å². The van der Waals surface area contributed by atoms with Crippen LogP contribution in [-0.4, -0.2) is 29.7 Å². The second-order valence-corrected chi connectivity index (χ2v) is 4.43. The van der Waals surface area contributed by atoms with Crippen molar-refractivity contribution in [2.75, 3.05) is 13.2 Å². The fourth-order valence-corrected chi connectivity index (χ4v) is 1.14. The zero-order valence-corrected chi connectivity index (χ0v) is 9.89. The molecule has 3 heteroatoms. The molecule has 0 saturated heterocycles. The molecule has 0 aromatic rings. The van der Waals surface area contributed by atoms with Crippen LogP contribution in [0.4, 0.5) is 4.79 Å². The Kier molecular flexibility index (Phi) is 4.68. The number of carbonyl (C=O) groups is 1. The van der Waals surface area contributed by atoms with Gasteiger partial charge < -0.3 is 9.64 Å². The summed E-state index contributed by atoms with van der Waals surface area (Å²) in [6.45, 7) is 14.4. The largest absolute Gasteiger partial charge is 0.445 e. The van der Waals surface area contributed by atoms with Crippen molar-refractivity contribution in [3.05, 3.63) is 12.2 Å². The highest BCUT2D eigenvalue weighted by Crippen LogP contribution is 2.14. The van der Waals surface area contributed by atoms with Gasteiger partial charge in [-0.2, -0.15) is 0 Å². The van der Waals surface area contributed by atoms with E-state index in [1.807, 2.05) is 34.6 Å². The third-order valence-electron chi connectivity index (χ3n) is 1.79. The van der Waals surface area contributed by atoms with Crippen LogP contribution >= 0.6 is 0 Å². The Morgan fingerprint density at radius 1 is 1.43 bits per heavy atom. The van der Waals surface area contributed by atoms with Crippen molar-refractivity contribution in [2.45, 2.75) is 40.2 Å². The summed E-state index contributed by atoms with van der Waals surface area (Å²) in [6, 6.07) is 0. The number of nitrogens with zero attached hydrogens (tertiary/aromatic N) is 1. The van der Waals surface area contributed by atoms with Crippen LogP contribution in [0.1, 0.15) is 34.6 Å². The monoisotopic (exact) mass is 199 g/mol.